The molecule has 2 aromatic rings. The Balaban J connectivity index is 1.59. The van der Waals surface area contributed by atoms with Crippen molar-refractivity contribution in [2.45, 2.75) is 38.6 Å². The van der Waals surface area contributed by atoms with Crippen LogP contribution in [0.25, 0.3) is 5.82 Å². The number of esters is 1. The number of aromatic nitrogens is 4. The molecule has 2 atom stereocenters. The zero-order chi connectivity index (χ0) is 17.6. The quantitative estimate of drug-likeness (QED) is 0.826. The molecule has 2 heterocycles. The van der Waals surface area contributed by atoms with Crippen molar-refractivity contribution in [1.29, 1.82) is 0 Å². The maximum Gasteiger partial charge on any atom is 0.342 e. The fourth-order valence-electron chi connectivity index (χ4n) is 3.04. The molecule has 0 radical (unpaired) electrons. The van der Waals surface area contributed by atoms with Crippen molar-refractivity contribution in [2.75, 3.05) is 6.61 Å². The predicted octanol–water partition coefficient (Wildman–Crippen LogP) is 1.51. The van der Waals surface area contributed by atoms with Crippen molar-refractivity contribution in [2.24, 2.45) is 5.92 Å². The average Bonchev–Trinajstić information content (AvgIpc) is 3.16. The Kier molecular flexibility index (Phi) is 5.37. The molecule has 1 fully saturated rings. The number of hydrogen-bond donors (Lipinski definition) is 1. The fraction of sp³-hybridized carbons (Fsp3) is 0.471. The SMILES string of the molecule is C[C@H]1CCCC[C@H]1NC(=O)COC(=O)c1cccnc1-n1cncn1. The lowest BCUT2D eigenvalue weighted by Crippen LogP contribution is -2.42. The first-order valence-corrected chi connectivity index (χ1v) is 8.41. The second-order valence-corrected chi connectivity index (χ2v) is 6.23. The normalized spacial score (nSPS) is 20.0. The fourth-order valence-corrected chi connectivity index (χ4v) is 3.04. The van der Waals surface area contributed by atoms with Crippen molar-refractivity contribution in [3.8, 4) is 5.82 Å². The van der Waals surface area contributed by atoms with E-state index in [9.17, 15) is 9.59 Å². The Morgan fingerprint density at radius 1 is 1.36 bits per heavy atom. The van der Waals surface area contributed by atoms with E-state index in [4.69, 9.17) is 4.74 Å². The Hall–Kier alpha value is -2.77. The van der Waals surface area contributed by atoms with E-state index in [1.54, 1.807) is 18.3 Å². The highest BCUT2D eigenvalue weighted by Gasteiger charge is 2.23. The molecule has 0 aromatic carbocycles. The summed E-state index contributed by atoms with van der Waals surface area (Å²) < 4.78 is 6.53. The summed E-state index contributed by atoms with van der Waals surface area (Å²) in [6.07, 6.45) is 8.74. The van der Waals surface area contributed by atoms with Crippen LogP contribution in [0.4, 0.5) is 0 Å². The van der Waals surface area contributed by atoms with Crippen LogP contribution in [0.5, 0.6) is 0 Å². The second-order valence-electron chi connectivity index (χ2n) is 6.23. The predicted molar refractivity (Wildman–Crippen MR) is 89.0 cm³/mol. The zero-order valence-electron chi connectivity index (χ0n) is 14.1. The van der Waals surface area contributed by atoms with E-state index < -0.39 is 5.97 Å². The third-order valence-corrected chi connectivity index (χ3v) is 4.43. The molecule has 25 heavy (non-hydrogen) atoms. The van der Waals surface area contributed by atoms with Crippen LogP contribution in [0.2, 0.25) is 0 Å². The number of hydrogen-bond acceptors (Lipinski definition) is 6. The number of nitrogens with one attached hydrogen (secondary N) is 1. The van der Waals surface area contributed by atoms with Gasteiger partial charge in [-0.15, -0.1) is 0 Å². The summed E-state index contributed by atoms with van der Waals surface area (Å²) in [6, 6.07) is 3.36. The minimum absolute atomic E-state index is 0.157. The number of ether oxygens (including phenoxy) is 1. The molecule has 3 rings (SSSR count). The van der Waals surface area contributed by atoms with Crippen molar-refractivity contribution in [3.63, 3.8) is 0 Å². The van der Waals surface area contributed by atoms with Crippen LogP contribution in [0.15, 0.2) is 31.0 Å². The summed E-state index contributed by atoms with van der Waals surface area (Å²) in [5.41, 5.74) is 0.229. The summed E-state index contributed by atoms with van der Waals surface area (Å²) in [4.78, 5) is 32.4. The summed E-state index contributed by atoms with van der Waals surface area (Å²) in [6.45, 7) is 1.82. The molecular weight excluding hydrogens is 322 g/mol. The molecule has 0 spiro atoms. The molecule has 1 aliphatic rings. The van der Waals surface area contributed by atoms with Gasteiger partial charge in [-0.1, -0.05) is 19.8 Å². The molecule has 1 saturated carbocycles. The van der Waals surface area contributed by atoms with E-state index in [0.717, 1.165) is 19.3 Å². The van der Waals surface area contributed by atoms with Crippen LogP contribution in [-0.2, 0) is 9.53 Å². The maximum absolute atomic E-state index is 12.3. The van der Waals surface area contributed by atoms with E-state index in [-0.39, 0.29) is 24.1 Å². The van der Waals surface area contributed by atoms with Gasteiger partial charge in [-0.3, -0.25) is 4.79 Å². The summed E-state index contributed by atoms with van der Waals surface area (Å²) in [7, 11) is 0. The lowest BCUT2D eigenvalue weighted by atomic mass is 9.86. The van der Waals surface area contributed by atoms with Gasteiger partial charge in [0.15, 0.2) is 12.4 Å². The van der Waals surface area contributed by atoms with Gasteiger partial charge in [0, 0.05) is 12.2 Å². The average molecular weight is 343 g/mol. The summed E-state index contributed by atoms with van der Waals surface area (Å²) >= 11 is 0. The van der Waals surface area contributed by atoms with Gasteiger partial charge < -0.3 is 10.1 Å². The molecule has 0 saturated heterocycles. The standard InChI is InChI=1S/C17H21N5O3/c1-12-5-2-3-7-14(12)21-15(23)9-25-17(24)13-6-4-8-19-16(13)22-11-18-10-20-22/h4,6,8,10-12,14H,2-3,5,7,9H2,1H3,(H,21,23)/t12-,14+/m0/s1. The Bertz CT molecular complexity index is 732. The van der Waals surface area contributed by atoms with Gasteiger partial charge in [0.2, 0.25) is 0 Å². The molecular formula is C17H21N5O3. The van der Waals surface area contributed by atoms with Gasteiger partial charge >= 0.3 is 5.97 Å². The molecule has 0 bridgehead atoms. The minimum atomic E-state index is -0.620. The lowest BCUT2D eigenvalue weighted by molar-refractivity contribution is -0.125. The maximum atomic E-state index is 12.3. The van der Waals surface area contributed by atoms with Gasteiger partial charge in [-0.05, 0) is 30.9 Å². The van der Waals surface area contributed by atoms with Crippen LogP contribution in [-0.4, -0.2) is 44.3 Å². The van der Waals surface area contributed by atoms with Gasteiger partial charge in [0.1, 0.15) is 18.2 Å². The molecule has 8 nitrogen and oxygen atoms in total. The number of amides is 1. The highest BCUT2D eigenvalue weighted by molar-refractivity contribution is 5.94. The van der Waals surface area contributed by atoms with Crippen molar-refractivity contribution in [1.82, 2.24) is 25.1 Å². The first-order chi connectivity index (χ1) is 12.1. The summed E-state index contributed by atoms with van der Waals surface area (Å²) in [5.74, 6) is -0.138. The molecule has 0 aliphatic heterocycles. The van der Waals surface area contributed by atoms with Crippen LogP contribution in [0, 0.1) is 5.92 Å². The van der Waals surface area contributed by atoms with Gasteiger partial charge in [0.05, 0.1) is 0 Å². The van der Waals surface area contributed by atoms with E-state index in [0.29, 0.717) is 11.7 Å². The van der Waals surface area contributed by atoms with Crippen molar-refractivity contribution < 1.29 is 14.3 Å². The monoisotopic (exact) mass is 343 g/mol. The third-order valence-electron chi connectivity index (χ3n) is 4.43. The van der Waals surface area contributed by atoms with Gasteiger partial charge in [0.25, 0.3) is 5.91 Å². The van der Waals surface area contributed by atoms with Crippen LogP contribution in [0.1, 0.15) is 43.0 Å². The molecule has 2 aromatic heterocycles. The number of rotatable bonds is 5. The van der Waals surface area contributed by atoms with E-state index in [1.807, 2.05) is 0 Å². The Labute approximate surface area is 145 Å². The highest BCUT2D eigenvalue weighted by atomic mass is 16.5. The van der Waals surface area contributed by atoms with Crippen molar-refractivity contribution >= 4 is 11.9 Å². The first kappa shape index (κ1) is 17.1. The van der Waals surface area contributed by atoms with Crippen LogP contribution < -0.4 is 5.32 Å². The molecule has 8 heteroatoms. The largest absolute Gasteiger partial charge is 0.452 e. The van der Waals surface area contributed by atoms with E-state index >= 15 is 0 Å². The van der Waals surface area contributed by atoms with E-state index in [1.165, 1.54) is 23.8 Å². The molecule has 1 aliphatic carbocycles. The lowest BCUT2D eigenvalue weighted by Gasteiger charge is -2.29. The molecule has 0 unspecified atom stereocenters. The third kappa shape index (κ3) is 4.20. The number of carbonyl (C=O) groups excluding carboxylic acids is 2. The molecule has 132 valence electrons. The van der Waals surface area contributed by atoms with Crippen molar-refractivity contribution in [3.05, 3.63) is 36.5 Å². The second kappa shape index (κ2) is 7.87. The summed E-state index contributed by atoms with van der Waals surface area (Å²) in [5, 5.41) is 6.92. The van der Waals surface area contributed by atoms with Gasteiger partial charge in [-0.2, -0.15) is 5.10 Å². The van der Waals surface area contributed by atoms with Crippen LogP contribution >= 0.6 is 0 Å². The number of carbonyl (C=O) groups is 2. The first-order valence-electron chi connectivity index (χ1n) is 8.41. The highest BCUT2D eigenvalue weighted by Crippen LogP contribution is 2.23. The zero-order valence-corrected chi connectivity index (χ0v) is 14.1. The Morgan fingerprint density at radius 2 is 2.20 bits per heavy atom. The van der Waals surface area contributed by atoms with Gasteiger partial charge in [-0.25, -0.2) is 19.4 Å². The van der Waals surface area contributed by atoms with Crippen LogP contribution in [0.3, 0.4) is 0 Å². The molecule has 1 amide bonds. The van der Waals surface area contributed by atoms with E-state index in [2.05, 4.69) is 27.3 Å². The smallest absolute Gasteiger partial charge is 0.342 e. The molecule has 1 N–H and O–H groups in total. The Morgan fingerprint density at radius 3 is 2.96 bits per heavy atom. The topological polar surface area (TPSA) is 99.0 Å². The number of pyridine rings is 1. The minimum Gasteiger partial charge on any atom is -0.452 e. The number of nitrogens with zero attached hydrogens (tertiary/aromatic N) is 4.